The molecule has 2 unspecified atom stereocenters. The summed E-state index contributed by atoms with van der Waals surface area (Å²) in [5.41, 5.74) is 10.7. The van der Waals surface area contributed by atoms with Gasteiger partial charge in [-0.2, -0.15) is 11.8 Å². The first kappa shape index (κ1) is 62.4. The average Bonchev–Trinajstić information content (AvgIpc) is 3.92. The van der Waals surface area contributed by atoms with E-state index in [0.29, 0.717) is 22.9 Å². The predicted molar refractivity (Wildman–Crippen MR) is 300 cm³/mol. The molecule has 15 N–H and O–H groups in total. The fourth-order valence-electron chi connectivity index (χ4n) is 9.45. The number of hydrogen-bond donors (Lipinski definition) is 13. The molecule has 0 saturated carbocycles. The number of aromatic carboxylic acids is 1. The van der Waals surface area contributed by atoms with E-state index in [-0.39, 0.29) is 95.6 Å². The van der Waals surface area contributed by atoms with Crippen LogP contribution in [0.1, 0.15) is 87.4 Å². The highest BCUT2D eigenvalue weighted by atomic mass is 32.2. The first-order valence-electron chi connectivity index (χ1n) is 26.3. The lowest BCUT2D eigenvalue weighted by Crippen LogP contribution is -2.65. The van der Waals surface area contributed by atoms with Crippen LogP contribution in [0.3, 0.4) is 0 Å². The fraction of sp³-hybridized carbons (Fsp3) is 0.444. The molecule has 6 rings (SSSR count). The maximum Gasteiger partial charge on any atom is 0.336 e. The summed E-state index contributed by atoms with van der Waals surface area (Å²) in [6.07, 6.45) is -0.220. The molecule has 82 heavy (non-hydrogen) atoms. The van der Waals surface area contributed by atoms with Crippen LogP contribution in [0.15, 0.2) is 68.8 Å². The highest BCUT2D eigenvalue weighted by Gasteiger charge is 2.45. The topological polar surface area (TPSA) is 425 Å². The Morgan fingerprint density at radius 3 is 2.20 bits per heavy atom. The Hall–Kier alpha value is -8.79. The molecule has 7 atom stereocenters. The third kappa shape index (κ3) is 16.6. The molecule has 2 aromatic carbocycles. The second-order valence-corrected chi connectivity index (χ2v) is 22.0. The van der Waals surface area contributed by atoms with Crippen LogP contribution in [0.25, 0.3) is 33.4 Å². The number of phenols is 1. The Balaban J connectivity index is 1.29. The maximum absolute atomic E-state index is 14.7. The number of guanidine groups is 1. The van der Waals surface area contributed by atoms with Gasteiger partial charge in [-0.3, -0.25) is 57.8 Å². The zero-order valence-electron chi connectivity index (χ0n) is 45.7. The van der Waals surface area contributed by atoms with E-state index in [0.717, 1.165) is 0 Å². The summed E-state index contributed by atoms with van der Waals surface area (Å²) in [6.45, 7) is 7.22. The number of phenolic OH excluding ortho intramolecular Hbond substituents is 1. The summed E-state index contributed by atoms with van der Waals surface area (Å²) in [4.78, 5) is 153. The molecule has 2 fully saturated rings. The quantitative estimate of drug-likeness (QED) is 0.0303. The molecule has 0 bridgehead atoms. The molecule has 4 aliphatic rings. The Morgan fingerprint density at radius 2 is 1.51 bits per heavy atom. The number of benzene rings is 3. The number of carbonyl (C=O) groups excluding carboxylic acids is 8. The van der Waals surface area contributed by atoms with Crippen LogP contribution in [0.5, 0.6) is 5.75 Å². The summed E-state index contributed by atoms with van der Waals surface area (Å²) in [5, 5.41) is 51.5. The first-order valence-corrected chi connectivity index (χ1v) is 27.4. The minimum absolute atomic E-state index is 0.0152. The molecule has 2 saturated heterocycles. The van der Waals surface area contributed by atoms with E-state index < -0.39 is 120 Å². The molecule has 27 nitrogen and oxygen atoms in total. The van der Waals surface area contributed by atoms with Crippen molar-refractivity contribution >= 4 is 87.9 Å². The smallest absolute Gasteiger partial charge is 0.336 e. The van der Waals surface area contributed by atoms with E-state index in [4.69, 9.17) is 15.9 Å². The number of fused-ring (bicyclic) bond motifs is 3. The lowest BCUT2D eigenvalue weighted by Gasteiger charge is -2.39. The number of nitrogens with two attached hydrogens (primary N) is 2. The molecule has 0 aromatic heterocycles. The molecular weight excluding hydrogens is 1090 g/mol. The van der Waals surface area contributed by atoms with Gasteiger partial charge in [-0.15, -0.1) is 0 Å². The molecule has 8 amide bonds. The normalized spacial score (nSPS) is 21.7. The zero-order chi connectivity index (χ0) is 60.2. The lowest BCUT2D eigenvalue weighted by atomic mass is 9.90. The van der Waals surface area contributed by atoms with Crippen molar-refractivity contribution in [2.24, 2.45) is 16.5 Å². The Labute approximate surface area is 474 Å². The molecule has 28 heteroatoms. The number of aliphatic carboxylic acids is 1. The van der Waals surface area contributed by atoms with Crippen molar-refractivity contribution in [2.45, 2.75) is 115 Å². The van der Waals surface area contributed by atoms with Crippen LogP contribution < -0.4 is 59.4 Å². The number of nitrogens with zero attached hydrogens (tertiary/aromatic N) is 2. The van der Waals surface area contributed by atoms with Crippen LogP contribution >= 0.6 is 11.8 Å². The van der Waals surface area contributed by atoms with Crippen molar-refractivity contribution in [3.8, 4) is 28.2 Å². The van der Waals surface area contributed by atoms with Gasteiger partial charge in [-0.1, -0.05) is 6.07 Å². The van der Waals surface area contributed by atoms with Gasteiger partial charge in [0.15, 0.2) is 11.4 Å². The molecule has 2 aromatic rings. The monoisotopic (exact) mass is 1160 g/mol. The number of rotatable bonds is 15. The van der Waals surface area contributed by atoms with Gasteiger partial charge in [0.1, 0.15) is 47.3 Å². The lowest BCUT2D eigenvalue weighted by molar-refractivity contribution is -0.141. The average molecular weight is 1160 g/mol. The second kappa shape index (κ2) is 27.6. The number of carbonyl (C=O) groups is 10. The number of thioether (sulfide) groups is 1. The summed E-state index contributed by atoms with van der Waals surface area (Å²) in [5.74, 6) is -9.46. The van der Waals surface area contributed by atoms with Gasteiger partial charge in [0.05, 0.1) is 30.6 Å². The zero-order valence-corrected chi connectivity index (χ0v) is 46.5. The Morgan fingerprint density at radius 1 is 0.817 bits per heavy atom. The number of nitrogens with one attached hydrogen (secondary N) is 8. The highest BCUT2D eigenvalue weighted by molar-refractivity contribution is 7.99. The molecule has 3 aliphatic heterocycles. The van der Waals surface area contributed by atoms with Crippen molar-refractivity contribution in [1.82, 2.24) is 47.4 Å². The number of aromatic hydroxyl groups is 1. The summed E-state index contributed by atoms with van der Waals surface area (Å²) < 4.78 is 5.92. The van der Waals surface area contributed by atoms with Gasteiger partial charge in [-0.05, 0) is 109 Å². The number of amides is 8. The van der Waals surface area contributed by atoms with Gasteiger partial charge < -0.3 is 73.7 Å². The van der Waals surface area contributed by atoms with Gasteiger partial charge in [0, 0.05) is 64.3 Å². The highest BCUT2D eigenvalue weighted by Crippen LogP contribution is 2.42. The van der Waals surface area contributed by atoms with Gasteiger partial charge >= 0.3 is 11.9 Å². The van der Waals surface area contributed by atoms with E-state index in [2.05, 4.69) is 47.5 Å². The number of aliphatic imine (C=N–C) groups is 1. The minimum atomic E-state index is -1.72. The number of carboxylic acids is 2. The van der Waals surface area contributed by atoms with Crippen LogP contribution in [-0.4, -0.2) is 171 Å². The van der Waals surface area contributed by atoms with Crippen LogP contribution in [-0.2, 0) is 38.4 Å². The molecule has 0 radical (unpaired) electrons. The summed E-state index contributed by atoms with van der Waals surface area (Å²) >= 11 is 1.20. The Bertz CT molecular complexity index is 3180. The summed E-state index contributed by atoms with van der Waals surface area (Å²) in [6, 6.07) is 3.15. The van der Waals surface area contributed by atoms with Crippen molar-refractivity contribution in [1.29, 1.82) is 0 Å². The van der Waals surface area contributed by atoms with Gasteiger partial charge in [0.25, 0.3) is 5.91 Å². The number of hydrogen-bond acceptors (Lipinski definition) is 16. The maximum atomic E-state index is 14.7. The fourth-order valence-corrected chi connectivity index (χ4v) is 10.4. The largest absolute Gasteiger partial charge is 0.508 e. The third-order valence-electron chi connectivity index (χ3n) is 13.3. The first-order chi connectivity index (χ1) is 38.7. The van der Waals surface area contributed by atoms with Crippen molar-refractivity contribution in [2.75, 3.05) is 37.7 Å². The van der Waals surface area contributed by atoms with Crippen molar-refractivity contribution in [3.63, 3.8) is 0 Å². The predicted octanol–water partition coefficient (Wildman–Crippen LogP) is -0.699. The van der Waals surface area contributed by atoms with Crippen molar-refractivity contribution in [3.05, 3.63) is 75.9 Å². The number of carboxylic acid groups (broad SMARTS) is 2. The second-order valence-electron chi connectivity index (χ2n) is 20.8. The van der Waals surface area contributed by atoms with Gasteiger partial charge in [-0.25, -0.2) is 4.79 Å². The molecular formula is C54H68N12O15S. The Kier molecular flexibility index (Phi) is 21.0. The van der Waals surface area contributed by atoms with E-state index in [9.17, 15) is 68.1 Å². The van der Waals surface area contributed by atoms with E-state index in [1.54, 1.807) is 31.7 Å². The van der Waals surface area contributed by atoms with Crippen LogP contribution in [0.4, 0.5) is 0 Å². The SMILES string of the molecule is C[C@@H]1NC(=O)[C@H](C)NC(=O)[C@H](CC(=O)O)NC(=O)CNC(=O)[C@H](CCCN=C(N)N)NC(=O)[C@@H]2CCCN2C(C(=O)NC(C)(C)C)C(CSCCNC(=O)c2ccc(-c3c4ccc(=O)cc-4oc4cc(O)ccc34)c(C(=O)O)c2)NC1=O. The molecule has 3 heterocycles. The van der Waals surface area contributed by atoms with Crippen LogP contribution in [0.2, 0.25) is 0 Å². The third-order valence-corrected chi connectivity index (χ3v) is 14.3. The van der Waals surface area contributed by atoms with Crippen molar-refractivity contribution < 1.29 is 67.7 Å². The summed E-state index contributed by atoms with van der Waals surface area (Å²) in [7, 11) is 0. The molecule has 0 spiro atoms. The minimum Gasteiger partial charge on any atom is -0.508 e. The van der Waals surface area contributed by atoms with E-state index in [1.807, 2.05) is 0 Å². The van der Waals surface area contributed by atoms with E-state index >= 15 is 0 Å². The standard InChI is InChI=1S/C54H68N12O15S/c1-26-45(72)60-27(2)46(73)64-37(25-82-19-17-57-47(74)28-10-13-31(34(20-28)52(79)80)43-32-14-11-29(67)21-39(32)81-40-22-30(68)12-15-33(40)43)44(51(78)65-54(3,4)5)66-18-7-9-38(66)50(77)63-35(8-6-16-58-53(55)56)48(75)59-24-41(69)62-36(23-42(70)71)49(76)61-26/h10-15,20-22,26-27,35-38,44,67H,6-9,16-19,23-25H2,1-5H3,(H,57,74)(H,59,75)(H,60,72)(H,61,76)(H,62,69)(H,63,77)(H,64,73)(H,65,78)(H,70,71)(H,79,80)(H4,55,56,58)/t26-,27-,35-,36-,37?,38-,44?/m0/s1. The van der Waals surface area contributed by atoms with Gasteiger partial charge in [0.2, 0.25) is 41.4 Å². The molecule has 1 aliphatic carbocycles. The van der Waals surface area contributed by atoms with E-state index in [1.165, 1.54) is 74.1 Å². The molecule has 440 valence electrons. The van der Waals surface area contributed by atoms with Crippen LogP contribution in [0, 0.1) is 0 Å².